The standard InChI is InChI=1S/2Ba.2Ca.3H4O7P2.2Sr/c;;;;3*1-8(2,3)7-9(4,5)6;;/h;;;;3*(H2,1,2,3)(H2,4,5,6);;/q4*+2;;;;2*+2/p-12. The fourth-order valence-corrected chi connectivity index (χ4v) is 3.31. The maximum absolute atomic E-state index is 9.32. The zero-order valence-electron chi connectivity index (χ0n) is 15.5. The van der Waals surface area contributed by atoms with Gasteiger partial charge in [-0.05, 0) is 0 Å². The van der Waals surface area contributed by atoms with Crippen LogP contribution in [0.2, 0.25) is 0 Å². The molecule has 21 nitrogen and oxygen atoms in total. The molecule has 0 bridgehead atoms. The Balaban J connectivity index is -0.0000000343. The predicted molar refractivity (Wildman–Crippen MR) is 83.4 cm³/mol. The SMILES string of the molecule is O=P([O-])([O-])OP(=O)([O-])[O-].O=P([O-])([O-])OP(=O)([O-])[O-].O=P([O-])([O-])OP(=O)([O-])[O-].[Ba+2].[Ba+2].[Ca+2].[Ca+2].[Sr+2].[Sr+2]. The molecule has 0 saturated carbocycles. The van der Waals surface area contributed by atoms with E-state index in [0.29, 0.717) is 0 Å². The van der Waals surface area contributed by atoms with Crippen LogP contribution >= 0.6 is 46.9 Å². The molecule has 168 valence electrons. The monoisotopic (exact) mass is 1050 g/mol. The minimum absolute atomic E-state index is 0. The van der Waals surface area contributed by atoms with Gasteiger partial charge in [0.25, 0.3) is 0 Å². The van der Waals surface area contributed by atoms with Crippen LogP contribution in [0, 0.1) is 0 Å². The van der Waals surface area contributed by atoms with Gasteiger partial charge in [-0.3, -0.25) is 0 Å². The first-order valence-electron chi connectivity index (χ1n) is 4.38. The molecule has 0 fully saturated rings. The molecule has 0 aromatic carbocycles. The molecule has 0 radical (unpaired) electrons. The first-order chi connectivity index (χ1) is 11.1. The van der Waals surface area contributed by atoms with Crippen molar-refractivity contribution in [3.63, 3.8) is 0 Å². The van der Waals surface area contributed by atoms with Crippen LogP contribution in [0.1, 0.15) is 0 Å². The summed E-state index contributed by atoms with van der Waals surface area (Å²) in [6.07, 6.45) is 0. The summed E-state index contributed by atoms with van der Waals surface area (Å²) in [5.41, 5.74) is 0. The van der Waals surface area contributed by atoms with E-state index in [1.807, 2.05) is 0 Å². The molecule has 0 rings (SSSR count). The molecule has 0 N–H and O–H groups in total. The van der Waals surface area contributed by atoms with E-state index in [2.05, 4.69) is 12.9 Å². The summed E-state index contributed by atoms with van der Waals surface area (Å²) in [5, 5.41) is 0. The number of rotatable bonds is 6. The summed E-state index contributed by atoms with van der Waals surface area (Å²) in [6, 6.07) is 0. The quantitative estimate of drug-likeness (QED) is 0.176. The Morgan fingerprint density at radius 1 is 0.333 bits per heavy atom. The van der Waals surface area contributed by atoms with Crippen molar-refractivity contribution in [1.82, 2.24) is 0 Å². The van der Waals surface area contributed by atoms with Gasteiger partial charge in [0.15, 0.2) is 0 Å². The van der Waals surface area contributed by atoms with Gasteiger partial charge in [0.1, 0.15) is 0 Å². The van der Waals surface area contributed by atoms with Crippen LogP contribution in [-0.4, -0.2) is 264 Å². The molecule has 0 amide bonds. The van der Waals surface area contributed by atoms with E-state index in [1.165, 1.54) is 0 Å². The molecule has 33 heavy (non-hydrogen) atoms. The normalized spacial score (nSPS) is 11.3. The Bertz CT molecular complexity index is 574. The maximum Gasteiger partial charge on any atom is 2.00 e. The first kappa shape index (κ1) is 65.1. The van der Waals surface area contributed by atoms with Gasteiger partial charge in [-0.1, -0.05) is 0 Å². The van der Waals surface area contributed by atoms with Crippen LogP contribution < -0.4 is 58.7 Å². The number of hydrogen-bond donors (Lipinski definition) is 0. The van der Waals surface area contributed by atoms with Crippen LogP contribution in [0.25, 0.3) is 0 Å². The van der Waals surface area contributed by atoms with E-state index in [9.17, 15) is 86.1 Å². The van der Waals surface area contributed by atoms with Gasteiger partial charge in [0.2, 0.25) is 0 Å². The van der Waals surface area contributed by atoms with Gasteiger partial charge in [-0.15, -0.1) is 0 Å². The van der Waals surface area contributed by atoms with E-state index >= 15 is 0 Å². The second-order valence-corrected chi connectivity index (χ2v) is 10.3. The van der Waals surface area contributed by atoms with Gasteiger partial charge in [-0.2, -0.15) is 0 Å². The van der Waals surface area contributed by atoms with Crippen LogP contribution in [0.3, 0.4) is 0 Å². The zero-order chi connectivity index (χ0) is 23.1. The van der Waals surface area contributed by atoms with Crippen LogP contribution in [0.4, 0.5) is 0 Å². The fourth-order valence-electron chi connectivity index (χ4n) is 0.367. The number of hydrogen-bond acceptors (Lipinski definition) is 21. The molecule has 0 aliphatic heterocycles. The minimum Gasteiger partial charge on any atom is -0.790 e. The second kappa shape index (κ2) is 28.8. The Labute approximate surface area is 399 Å². The average molecular weight is 1050 g/mol. The minimum atomic E-state index is -5.68. The third-order valence-electron chi connectivity index (χ3n) is 0.600. The Hall–Kier alpha value is 9.40. The summed E-state index contributed by atoms with van der Waals surface area (Å²) in [4.78, 5) is 112. The van der Waals surface area contributed by atoms with E-state index in [4.69, 9.17) is 0 Å². The summed E-state index contributed by atoms with van der Waals surface area (Å²) in [5.74, 6) is 0. The summed E-state index contributed by atoms with van der Waals surface area (Å²) >= 11 is 0. The molecule has 0 saturated heterocycles. The molecule has 0 aliphatic carbocycles. The largest absolute Gasteiger partial charge is 2.00 e. The van der Waals surface area contributed by atoms with Gasteiger partial charge >= 0.3 is 264 Å². The molecule has 0 aromatic heterocycles. The summed E-state index contributed by atoms with van der Waals surface area (Å²) in [7, 11) is -34.1. The molecular weight excluding hydrogens is 1050 g/mol. The molecule has 0 heterocycles. The van der Waals surface area contributed by atoms with E-state index < -0.39 is 46.9 Å². The van der Waals surface area contributed by atoms with Crippen molar-refractivity contribution >= 4 is 311 Å². The van der Waals surface area contributed by atoms with Crippen molar-refractivity contribution in [3.05, 3.63) is 0 Å². The van der Waals surface area contributed by atoms with Crippen molar-refractivity contribution in [3.8, 4) is 0 Å². The van der Waals surface area contributed by atoms with E-state index in [-0.39, 0.29) is 264 Å². The van der Waals surface area contributed by atoms with Crippen molar-refractivity contribution in [1.29, 1.82) is 0 Å². The topological polar surface area (TPSA) is 407 Å². The molecule has 0 aromatic rings. The van der Waals surface area contributed by atoms with Crippen LogP contribution in [-0.2, 0) is 40.3 Å². The zero-order valence-corrected chi connectivity index (χ0v) is 41.1. The summed E-state index contributed by atoms with van der Waals surface area (Å²) in [6.45, 7) is 0. The van der Waals surface area contributed by atoms with Gasteiger partial charge in [-0.25, -0.2) is 0 Å². The average Bonchev–Trinajstić information content (AvgIpc) is 1.96. The molecule has 33 heteroatoms. The van der Waals surface area contributed by atoms with Crippen molar-refractivity contribution in [2.45, 2.75) is 0 Å². The second-order valence-electron chi connectivity index (χ2n) is 2.93. The molecule has 0 unspecified atom stereocenters. The van der Waals surface area contributed by atoms with Gasteiger partial charge in [0.05, 0.1) is 46.9 Å². The molecule has 0 aliphatic rings. The Morgan fingerprint density at radius 2 is 0.394 bits per heavy atom. The van der Waals surface area contributed by atoms with Gasteiger partial charge in [0, 0.05) is 0 Å². The van der Waals surface area contributed by atoms with Crippen molar-refractivity contribution < 1.29 is 99.0 Å². The van der Waals surface area contributed by atoms with Crippen LogP contribution in [0.15, 0.2) is 0 Å². The first-order valence-corrected chi connectivity index (χ1v) is 13.1. The van der Waals surface area contributed by atoms with Crippen molar-refractivity contribution in [2.24, 2.45) is 0 Å². The van der Waals surface area contributed by atoms with Gasteiger partial charge < -0.3 is 99.0 Å². The molecular formula is Ba2Ca2O21P6Sr2. The molecule has 0 atom stereocenters. The molecule has 0 spiro atoms. The van der Waals surface area contributed by atoms with Crippen molar-refractivity contribution in [2.75, 3.05) is 0 Å². The predicted octanol–water partition coefficient (Wildman–Crippen LogP) is -12.3. The Morgan fingerprint density at radius 3 is 0.394 bits per heavy atom. The summed E-state index contributed by atoms with van der Waals surface area (Å²) < 4.78 is 63.5. The third kappa shape index (κ3) is 85.6. The third-order valence-corrected chi connectivity index (χ3v) is 5.40. The number of phosphoric acid groups is 6. The fraction of sp³-hybridized carbons (Fsp3) is 0. The smallest absolute Gasteiger partial charge is 0.790 e. The van der Waals surface area contributed by atoms with E-state index in [1.54, 1.807) is 0 Å². The van der Waals surface area contributed by atoms with Crippen LogP contribution in [0.5, 0.6) is 0 Å². The maximum atomic E-state index is 9.32. The Kier molecular flexibility index (Phi) is 57.0. The van der Waals surface area contributed by atoms with E-state index in [0.717, 1.165) is 0 Å².